The van der Waals surface area contributed by atoms with Gasteiger partial charge in [-0.3, -0.25) is 19.2 Å². The third-order valence-electron chi connectivity index (χ3n) is 7.80. The van der Waals surface area contributed by atoms with Crippen LogP contribution in [-0.4, -0.2) is 48.0 Å². The molecule has 0 bridgehead atoms. The highest BCUT2D eigenvalue weighted by Gasteiger charge is 2.41. The van der Waals surface area contributed by atoms with Crippen LogP contribution in [-0.2, 0) is 14.4 Å². The molecule has 0 atom stereocenters. The number of rotatable bonds is 9. The van der Waals surface area contributed by atoms with Gasteiger partial charge in [0.05, 0.1) is 17.9 Å². The maximum atomic E-state index is 13.8. The van der Waals surface area contributed by atoms with E-state index in [-0.39, 0.29) is 36.3 Å². The van der Waals surface area contributed by atoms with E-state index in [1.54, 1.807) is 24.3 Å². The number of amides is 3. The second-order valence-electron chi connectivity index (χ2n) is 10.8. The van der Waals surface area contributed by atoms with Gasteiger partial charge in [0, 0.05) is 36.3 Å². The number of carbonyl (C=O) groups is 4. The molecule has 1 saturated heterocycles. The highest BCUT2D eigenvalue weighted by molar-refractivity contribution is 6.18. The number of nitrogens with one attached hydrogen (secondary N) is 3. The Morgan fingerprint density at radius 1 is 0.976 bits per heavy atom. The van der Waals surface area contributed by atoms with Crippen molar-refractivity contribution < 1.29 is 23.6 Å². The van der Waals surface area contributed by atoms with Crippen LogP contribution in [0.1, 0.15) is 68.3 Å². The molecule has 3 aromatic rings. The van der Waals surface area contributed by atoms with E-state index >= 15 is 0 Å². The molecule has 2 fully saturated rings. The van der Waals surface area contributed by atoms with Crippen LogP contribution in [0.4, 0.5) is 17.1 Å². The summed E-state index contributed by atoms with van der Waals surface area (Å²) in [4.78, 5) is 53.8. The predicted octanol–water partition coefficient (Wildman–Crippen LogP) is 5.63. The van der Waals surface area contributed by atoms with Crippen LogP contribution in [0.15, 0.2) is 52.9 Å². The van der Waals surface area contributed by atoms with Crippen LogP contribution in [0, 0.1) is 0 Å². The summed E-state index contributed by atoms with van der Waals surface area (Å²) in [7, 11) is 0. The van der Waals surface area contributed by atoms with E-state index in [0.29, 0.717) is 55.1 Å². The van der Waals surface area contributed by atoms with Gasteiger partial charge in [-0.15, -0.1) is 11.6 Å². The number of hydrogen-bond acceptors (Lipinski definition) is 6. The van der Waals surface area contributed by atoms with E-state index in [4.69, 9.17) is 16.0 Å². The second-order valence-corrected chi connectivity index (χ2v) is 11.2. The largest absolute Gasteiger partial charge is 0.451 e. The van der Waals surface area contributed by atoms with Crippen molar-refractivity contribution in [3.63, 3.8) is 0 Å². The topological polar surface area (TPSA) is 121 Å². The average Bonchev–Trinajstić information content (AvgIpc) is 3.41. The molecule has 216 valence electrons. The van der Waals surface area contributed by atoms with Gasteiger partial charge >= 0.3 is 0 Å². The molecule has 0 spiro atoms. The van der Waals surface area contributed by atoms with E-state index in [1.165, 1.54) is 0 Å². The molecular weight excluding hydrogens is 544 g/mol. The number of hydrogen-bond donors (Lipinski definition) is 3. The van der Waals surface area contributed by atoms with Gasteiger partial charge in [-0.1, -0.05) is 37.5 Å². The smallest absolute Gasteiger partial charge is 0.287 e. The van der Waals surface area contributed by atoms with Crippen molar-refractivity contribution >= 4 is 63.1 Å². The lowest BCUT2D eigenvalue weighted by atomic mass is 9.80. The number of benzene rings is 2. The standard InChI is InChI=1S/C31H35ClN4O5/c32-16-6-11-28(38)34-24-19-22(12-13-25(24)36-17-7-9-23(37)20-36)33-30(40)31(14-4-1-5-15-31)35-29(39)27-18-21-8-2-3-10-26(21)41-27/h2-3,8,10,12-13,18-19H,1,4-7,9,11,14-17,20H2,(H,33,40)(H,34,38)(H,35,39). The number of alkyl halides is 1. The van der Waals surface area contributed by atoms with Crippen molar-refractivity contribution in [1.29, 1.82) is 0 Å². The molecule has 5 rings (SSSR count). The van der Waals surface area contributed by atoms with Crippen molar-refractivity contribution in [3.05, 3.63) is 54.3 Å². The number of carbonyl (C=O) groups excluding carboxylic acids is 4. The summed E-state index contributed by atoms with van der Waals surface area (Å²) >= 11 is 5.77. The number of Topliss-reactive ketones (excluding diaryl/α,β-unsaturated/α-hetero) is 1. The van der Waals surface area contributed by atoms with Gasteiger partial charge in [-0.2, -0.15) is 0 Å². The number of anilines is 3. The van der Waals surface area contributed by atoms with Crippen LogP contribution in [0.25, 0.3) is 11.0 Å². The van der Waals surface area contributed by atoms with Crippen molar-refractivity contribution in [3.8, 4) is 0 Å². The molecule has 2 aliphatic rings. The summed E-state index contributed by atoms with van der Waals surface area (Å²) in [5.74, 6) is -0.268. The Bertz CT molecular complexity index is 1410. The van der Waals surface area contributed by atoms with Crippen molar-refractivity contribution in [2.45, 2.75) is 63.3 Å². The van der Waals surface area contributed by atoms with E-state index in [1.807, 2.05) is 29.2 Å². The number of nitrogens with zero attached hydrogens (tertiary/aromatic N) is 1. The zero-order valence-corrected chi connectivity index (χ0v) is 23.7. The van der Waals surface area contributed by atoms with Gasteiger partial charge in [0.25, 0.3) is 5.91 Å². The Kier molecular flexibility index (Phi) is 8.93. The Morgan fingerprint density at radius 2 is 1.78 bits per heavy atom. The van der Waals surface area contributed by atoms with Gasteiger partial charge in [0.2, 0.25) is 11.8 Å². The summed E-state index contributed by atoms with van der Waals surface area (Å²) < 4.78 is 5.75. The van der Waals surface area contributed by atoms with Gasteiger partial charge in [0.1, 0.15) is 11.1 Å². The maximum Gasteiger partial charge on any atom is 0.287 e. The van der Waals surface area contributed by atoms with E-state index in [0.717, 1.165) is 36.8 Å². The Morgan fingerprint density at radius 3 is 2.54 bits per heavy atom. The molecule has 41 heavy (non-hydrogen) atoms. The lowest BCUT2D eigenvalue weighted by molar-refractivity contribution is -0.123. The van der Waals surface area contributed by atoms with Gasteiger partial charge in [-0.25, -0.2) is 0 Å². The first-order valence-corrected chi connectivity index (χ1v) is 14.8. The highest BCUT2D eigenvalue weighted by Crippen LogP contribution is 2.34. The van der Waals surface area contributed by atoms with E-state index < -0.39 is 11.4 Å². The normalized spacial score (nSPS) is 16.8. The van der Waals surface area contributed by atoms with Crippen LogP contribution in [0.2, 0.25) is 0 Å². The Hall–Kier alpha value is -3.85. The molecule has 0 unspecified atom stereocenters. The van der Waals surface area contributed by atoms with Crippen LogP contribution in [0.3, 0.4) is 0 Å². The number of halogens is 1. The third kappa shape index (κ3) is 6.73. The number of ketones is 1. The fourth-order valence-electron chi connectivity index (χ4n) is 5.66. The van der Waals surface area contributed by atoms with Gasteiger partial charge in [0.15, 0.2) is 11.5 Å². The molecule has 1 aliphatic carbocycles. The lowest BCUT2D eigenvalue weighted by Crippen LogP contribution is -2.57. The monoisotopic (exact) mass is 578 g/mol. The molecule has 10 heteroatoms. The zero-order valence-electron chi connectivity index (χ0n) is 23.0. The summed E-state index contributed by atoms with van der Waals surface area (Å²) in [6.07, 6.45) is 5.67. The highest BCUT2D eigenvalue weighted by atomic mass is 35.5. The molecule has 2 heterocycles. The fourth-order valence-corrected chi connectivity index (χ4v) is 5.79. The second kappa shape index (κ2) is 12.8. The SMILES string of the molecule is O=C1CCCN(c2ccc(NC(=O)C3(NC(=O)c4cc5ccccc5o4)CCCCC3)cc2NC(=O)CCCCl)C1. The number of piperidine rings is 1. The summed E-state index contributed by atoms with van der Waals surface area (Å²) in [6.45, 7) is 0.964. The third-order valence-corrected chi connectivity index (χ3v) is 8.07. The number of furan rings is 1. The van der Waals surface area contributed by atoms with Crippen molar-refractivity contribution in [2.75, 3.05) is 34.5 Å². The Balaban J connectivity index is 1.38. The van der Waals surface area contributed by atoms with Crippen LogP contribution >= 0.6 is 11.6 Å². The fraction of sp³-hybridized carbons (Fsp3) is 0.419. The van der Waals surface area contributed by atoms with Crippen molar-refractivity contribution in [2.24, 2.45) is 0 Å². The number of fused-ring (bicyclic) bond motifs is 1. The zero-order chi connectivity index (χ0) is 28.8. The molecule has 1 saturated carbocycles. The number of para-hydroxylation sites is 1. The minimum Gasteiger partial charge on any atom is -0.451 e. The van der Waals surface area contributed by atoms with E-state index in [2.05, 4.69) is 16.0 Å². The summed E-state index contributed by atoms with van der Waals surface area (Å²) in [5, 5.41) is 9.74. The minimum absolute atomic E-state index is 0.146. The van der Waals surface area contributed by atoms with Gasteiger partial charge in [-0.05, 0) is 56.0 Å². The molecule has 3 amide bonds. The molecule has 0 radical (unpaired) electrons. The molecular formula is C31H35ClN4O5. The predicted molar refractivity (Wildman–Crippen MR) is 160 cm³/mol. The summed E-state index contributed by atoms with van der Waals surface area (Å²) in [5.41, 5.74) is 1.23. The van der Waals surface area contributed by atoms with Gasteiger partial charge < -0.3 is 25.3 Å². The first-order valence-electron chi connectivity index (χ1n) is 14.3. The van der Waals surface area contributed by atoms with Crippen LogP contribution < -0.4 is 20.9 Å². The van der Waals surface area contributed by atoms with Crippen molar-refractivity contribution in [1.82, 2.24) is 5.32 Å². The maximum absolute atomic E-state index is 13.8. The molecule has 9 nitrogen and oxygen atoms in total. The lowest BCUT2D eigenvalue weighted by Gasteiger charge is -2.36. The van der Waals surface area contributed by atoms with Crippen LogP contribution in [0.5, 0.6) is 0 Å². The summed E-state index contributed by atoms with van der Waals surface area (Å²) in [6, 6.07) is 14.3. The molecule has 1 aliphatic heterocycles. The minimum atomic E-state index is -1.10. The molecule has 1 aromatic heterocycles. The molecule has 2 aromatic carbocycles. The first-order chi connectivity index (χ1) is 19.9. The first kappa shape index (κ1) is 28.7. The Labute approximate surface area is 244 Å². The average molecular weight is 579 g/mol. The quantitative estimate of drug-likeness (QED) is 0.283. The van der Waals surface area contributed by atoms with E-state index in [9.17, 15) is 19.2 Å². The molecule has 3 N–H and O–H groups in total.